The van der Waals surface area contributed by atoms with Crippen LogP contribution in [0.3, 0.4) is 0 Å². The summed E-state index contributed by atoms with van der Waals surface area (Å²) in [6.45, 7) is 0.912. The van der Waals surface area contributed by atoms with Crippen LogP contribution < -0.4 is 4.74 Å². The van der Waals surface area contributed by atoms with Crippen LogP contribution in [0.25, 0.3) is 11.3 Å². The third-order valence-corrected chi connectivity index (χ3v) is 6.39. The second-order valence-electron chi connectivity index (χ2n) is 8.79. The third-order valence-electron chi connectivity index (χ3n) is 6.08. The average Bonchev–Trinajstić information content (AvgIpc) is 3.64. The first kappa shape index (κ1) is 23.1. The number of halogens is 2. The first-order chi connectivity index (χ1) is 17.0. The molecule has 0 unspecified atom stereocenters. The number of amides is 1. The first-order valence-electron chi connectivity index (χ1n) is 11.6. The summed E-state index contributed by atoms with van der Waals surface area (Å²) < 4.78 is 21.4. The van der Waals surface area contributed by atoms with Gasteiger partial charge in [-0.05, 0) is 55.2 Å². The second kappa shape index (κ2) is 9.92. The monoisotopic (exact) mass is 489 g/mol. The molecule has 0 saturated heterocycles. The molecule has 5 nitrogen and oxygen atoms in total. The van der Waals surface area contributed by atoms with Gasteiger partial charge in [-0.1, -0.05) is 54.1 Å². The largest absolute Gasteiger partial charge is 0.437 e. The van der Waals surface area contributed by atoms with Gasteiger partial charge in [-0.2, -0.15) is 5.10 Å². The lowest BCUT2D eigenvalue weighted by Gasteiger charge is -2.24. The molecule has 1 amide bonds. The quantitative estimate of drug-likeness (QED) is 0.276. The molecule has 0 radical (unpaired) electrons. The Morgan fingerprint density at radius 1 is 1.06 bits per heavy atom. The van der Waals surface area contributed by atoms with E-state index in [4.69, 9.17) is 21.4 Å². The Morgan fingerprint density at radius 2 is 1.74 bits per heavy atom. The van der Waals surface area contributed by atoms with Crippen molar-refractivity contribution in [1.29, 1.82) is 0 Å². The summed E-state index contributed by atoms with van der Waals surface area (Å²) in [4.78, 5) is 15.3. The maximum Gasteiger partial charge on any atom is 0.254 e. The van der Waals surface area contributed by atoms with Gasteiger partial charge in [0.15, 0.2) is 0 Å². The topological polar surface area (TPSA) is 47.4 Å². The number of hydrogen-bond acceptors (Lipinski definition) is 3. The minimum absolute atomic E-state index is 0.150. The van der Waals surface area contributed by atoms with E-state index in [0.29, 0.717) is 41.2 Å². The molecule has 0 bridgehead atoms. The van der Waals surface area contributed by atoms with E-state index in [9.17, 15) is 9.18 Å². The van der Waals surface area contributed by atoms with Crippen LogP contribution in [-0.2, 0) is 13.6 Å². The van der Waals surface area contributed by atoms with Gasteiger partial charge in [-0.25, -0.2) is 9.07 Å². The molecule has 0 N–H and O–H groups in total. The summed E-state index contributed by atoms with van der Waals surface area (Å²) in [5, 5.41) is 5.24. The lowest BCUT2D eigenvalue weighted by molar-refractivity contribution is 0.0734. The normalized spacial score (nSPS) is 13.0. The Kier molecular flexibility index (Phi) is 6.55. The molecule has 4 aromatic rings. The van der Waals surface area contributed by atoms with E-state index in [1.807, 2.05) is 54.4 Å². The van der Waals surface area contributed by atoms with Crippen molar-refractivity contribution in [2.24, 2.45) is 13.0 Å². The van der Waals surface area contributed by atoms with E-state index in [-0.39, 0.29) is 11.7 Å². The van der Waals surface area contributed by atoms with E-state index < -0.39 is 0 Å². The number of aryl methyl sites for hydroxylation is 1. The fraction of sp³-hybridized carbons (Fsp3) is 0.214. The molecule has 178 valence electrons. The maximum absolute atomic E-state index is 13.5. The number of carbonyl (C=O) groups is 1. The van der Waals surface area contributed by atoms with Crippen LogP contribution in [0, 0.1) is 11.7 Å². The van der Waals surface area contributed by atoms with Crippen molar-refractivity contribution in [3.63, 3.8) is 0 Å². The summed E-state index contributed by atoms with van der Waals surface area (Å²) in [7, 11) is 1.81. The number of ether oxygens (including phenoxy) is 1. The maximum atomic E-state index is 13.5. The van der Waals surface area contributed by atoms with Crippen molar-refractivity contribution in [1.82, 2.24) is 14.7 Å². The molecule has 1 saturated carbocycles. The molecule has 5 rings (SSSR count). The van der Waals surface area contributed by atoms with Crippen LogP contribution >= 0.6 is 11.6 Å². The molecule has 0 aliphatic heterocycles. The Labute approximate surface area is 208 Å². The van der Waals surface area contributed by atoms with Crippen LogP contribution in [0.2, 0.25) is 5.02 Å². The second-order valence-corrected chi connectivity index (χ2v) is 9.20. The van der Waals surface area contributed by atoms with Gasteiger partial charge in [0, 0.05) is 24.7 Å². The van der Waals surface area contributed by atoms with Gasteiger partial charge in [0.2, 0.25) is 5.88 Å². The number of nitrogens with zero attached hydrogens (tertiary/aromatic N) is 3. The highest BCUT2D eigenvalue weighted by Crippen LogP contribution is 2.38. The van der Waals surface area contributed by atoms with Crippen LogP contribution in [0.15, 0.2) is 78.9 Å². The lowest BCUT2D eigenvalue weighted by atomic mass is 10.1. The zero-order valence-corrected chi connectivity index (χ0v) is 20.1. The minimum atomic E-state index is -0.371. The fourth-order valence-corrected chi connectivity index (χ4v) is 4.25. The highest BCUT2D eigenvalue weighted by Gasteiger charge is 2.30. The molecule has 35 heavy (non-hydrogen) atoms. The number of rotatable bonds is 8. The zero-order valence-electron chi connectivity index (χ0n) is 19.3. The molecular formula is C28H25ClFN3O2. The molecule has 7 heteroatoms. The van der Waals surface area contributed by atoms with Crippen LogP contribution in [0.5, 0.6) is 11.6 Å². The molecule has 1 aliphatic rings. The number of carbonyl (C=O) groups excluding carboxylic acids is 1. The molecule has 1 aliphatic carbocycles. The van der Waals surface area contributed by atoms with Gasteiger partial charge in [-0.15, -0.1) is 0 Å². The molecule has 3 aromatic carbocycles. The van der Waals surface area contributed by atoms with Crippen molar-refractivity contribution in [3.05, 3.63) is 101 Å². The summed E-state index contributed by atoms with van der Waals surface area (Å²) >= 11 is 6.38. The first-order valence-corrected chi connectivity index (χ1v) is 12.0. The van der Waals surface area contributed by atoms with E-state index in [1.54, 1.807) is 16.8 Å². The summed E-state index contributed by atoms with van der Waals surface area (Å²) in [6.07, 6.45) is 2.18. The predicted octanol–water partition coefficient (Wildman–Crippen LogP) is 6.72. The Hall–Kier alpha value is -3.64. The molecular weight excluding hydrogens is 465 g/mol. The number of benzene rings is 3. The number of para-hydroxylation sites is 1. The van der Waals surface area contributed by atoms with Gasteiger partial charge in [-0.3, -0.25) is 4.79 Å². The standard InChI is InChI=1S/C28H25ClFN3O2/c1-32-28(35-25-10-6-5-9-24(25)29)23(26(31-32)20-7-3-2-4-8-20)18-33(17-19-11-12-19)27(34)21-13-15-22(30)16-14-21/h2-10,13-16,19H,11-12,17-18H2,1H3. The Morgan fingerprint density at radius 3 is 2.43 bits per heavy atom. The van der Waals surface area contributed by atoms with Gasteiger partial charge in [0.1, 0.15) is 17.3 Å². The molecule has 1 heterocycles. The summed E-state index contributed by atoms with van der Waals surface area (Å²) in [5.41, 5.74) is 2.90. The molecule has 1 fully saturated rings. The minimum Gasteiger partial charge on any atom is -0.437 e. The fourth-order valence-electron chi connectivity index (χ4n) is 4.08. The van der Waals surface area contributed by atoms with Crippen LogP contribution in [-0.4, -0.2) is 27.1 Å². The Bertz CT molecular complexity index is 1330. The highest BCUT2D eigenvalue weighted by atomic mass is 35.5. The lowest BCUT2D eigenvalue weighted by Crippen LogP contribution is -2.32. The molecule has 0 spiro atoms. The third kappa shape index (κ3) is 5.23. The van der Waals surface area contributed by atoms with Crippen molar-refractivity contribution >= 4 is 17.5 Å². The van der Waals surface area contributed by atoms with Gasteiger partial charge >= 0.3 is 0 Å². The van der Waals surface area contributed by atoms with Crippen molar-refractivity contribution in [2.45, 2.75) is 19.4 Å². The highest BCUT2D eigenvalue weighted by molar-refractivity contribution is 6.32. The smallest absolute Gasteiger partial charge is 0.254 e. The number of hydrogen-bond donors (Lipinski definition) is 0. The van der Waals surface area contributed by atoms with Gasteiger partial charge in [0.25, 0.3) is 5.91 Å². The van der Waals surface area contributed by atoms with E-state index in [1.165, 1.54) is 24.3 Å². The molecule has 1 aromatic heterocycles. The summed E-state index contributed by atoms with van der Waals surface area (Å²) in [5.74, 6) is 0.971. The summed E-state index contributed by atoms with van der Waals surface area (Å²) in [6, 6.07) is 22.8. The van der Waals surface area contributed by atoms with Crippen molar-refractivity contribution in [3.8, 4) is 22.9 Å². The van der Waals surface area contributed by atoms with E-state index >= 15 is 0 Å². The van der Waals surface area contributed by atoms with Crippen LogP contribution in [0.1, 0.15) is 28.8 Å². The van der Waals surface area contributed by atoms with Crippen molar-refractivity contribution in [2.75, 3.05) is 6.54 Å². The van der Waals surface area contributed by atoms with Gasteiger partial charge in [0.05, 0.1) is 17.1 Å². The van der Waals surface area contributed by atoms with Crippen LogP contribution in [0.4, 0.5) is 4.39 Å². The average molecular weight is 490 g/mol. The van der Waals surface area contributed by atoms with E-state index in [2.05, 4.69) is 0 Å². The molecule has 0 atom stereocenters. The number of aromatic nitrogens is 2. The zero-order chi connectivity index (χ0) is 24.4. The predicted molar refractivity (Wildman–Crippen MR) is 134 cm³/mol. The van der Waals surface area contributed by atoms with Crippen molar-refractivity contribution < 1.29 is 13.9 Å². The Balaban J connectivity index is 1.56. The SMILES string of the molecule is Cn1nc(-c2ccccc2)c(CN(CC2CC2)C(=O)c2ccc(F)cc2)c1Oc1ccccc1Cl. The van der Waals surface area contributed by atoms with E-state index in [0.717, 1.165) is 29.7 Å². The van der Waals surface area contributed by atoms with Gasteiger partial charge < -0.3 is 9.64 Å².